The molecule has 0 N–H and O–H groups in total. The van der Waals surface area contributed by atoms with E-state index in [4.69, 9.17) is 28.4 Å². The Bertz CT molecular complexity index is 1690. The summed E-state index contributed by atoms with van der Waals surface area (Å²) in [7, 11) is 0. The second-order valence-corrected chi connectivity index (χ2v) is 15.4. The molecule has 0 aromatic heterocycles. The molecule has 6 atom stereocenters. The highest BCUT2D eigenvalue weighted by Crippen LogP contribution is 2.58. The molecular formula is C39H38INO8. The van der Waals surface area contributed by atoms with Crippen LogP contribution in [0.1, 0.15) is 64.8 Å². The highest BCUT2D eigenvalue weighted by molar-refractivity contribution is 14.1. The maximum Gasteiger partial charge on any atom is 0.338 e. The van der Waals surface area contributed by atoms with E-state index in [0.29, 0.717) is 28.9 Å². The molecule has 6 fully saturated rings. The van der Waals surface area contributed by atoms with Crippen molar-refractivity contribution in [2.75, 3.05) is 6.61 Å². The summed E-state index contributed by atoms with van der Waals surface area (Å²) in [4.78, 5) is 27.5. The number of hydrogen-bond donors (Lipinski definition) is 0. The van der Waals surface area contributed by atoms with Crippen molar-refractivity contribution in [3.05, 3.63) is 105 Å². The summed E-state index contributed by atoms with van der Waals surface area (Å²) in [6, 6.07) is 27.3. The average molecular weight is 776 g/mol. The molecule has 254 valence electrons. The molecule has 0 amide bonds. The Balaban J connectivity index is 1.16. The lowest BCUT2D eigenvalue weighted by Crippen LogP contribution is -2.68. The third-order valence-corrected chi connectivity index (χ3v) is 11.9. The van der Waals surface area contributed by atoms with Gasteiger partial charge in [-0.3, -0.25) is 0 Å². The number of benzene rings is 3. The van der Waals surface area contributed by atoms with Gasteiger partial charge in [0.25, 0.3) is 5.79 Å². The summed E-state index contributed by atoms with van der Waals surface area (Å²) in [5.74, 6) is -1.14. The molecule has 3 aromatic carbocycles. The van der Waals surface area contributed by atoms with Gasteiger partial charge in [-0.2, -0.15) is 5.26 Å². The van der Waals surface area contributed by atoms with Gasteiger partial charge in [-0.25, -0.2) is 9.59 Å². The standard InChI is InChI=1S/C39H38INO8/c40-30-14-8-7-13-29(30)21-39(23-41)44-22-31-32(48-39)33(46-35(42)27-9-3-1-4-10-27)34(47-36(43)28-11-5-2-6-12-28)37(45-31)49-38-18-24-15-25(19-38)17-26(16-24)20-38/h1-14,24-26,31-34,37H,15-22H2/t24?,25?,26?,31-,32+,33+,34-,37+,38?,39-/m1/s1. The number of rotatable bonds is 8. The molecule has 2 aliphatic heterocycles. The number of fused-ring (bicyclic) bond motifs is 1. The first-order valence-corrected chi connectivity index (χ1v) is 18.2. The average Bonchev–Trinajstić information content (AvgIpc) is 3.11. The first kappa shape index (κ1) is 32.8. The van der Waals surface area contributed by atoms with Crippen molar-refractivity contribution in [3.8, 4) is 6.07 Å². The normalized spacial score (nSPS) is 35.9. The number of carbonyl (C=O) groups excluding carboxylic acids is 2. The maximum absolute atomic E-state index is 13.8. The summed E-state index contributed by atoms with van der Waals surface area (Å²) in [5.41, 5.74) is 1.11. The molecule has 2 heterocycles. The zero-order valence-electron chi connectivity index (χ0n) is 26.9. The first-order chi connectivity index (χ1) is 23.8. The van der Waals surface area contributed by atoms with E-state index in [9.17, 15) is 14.9 Å². The van der Waals surface area contributed by atoms with Crippen molar-refractivity contribution in [3.63, 3.8) is 0 Å². The number of hydrogen-bond acceptors (Lipinski definition) is 9. The van der Waals surface area contributed by atoms with Gasteiger partial charge in [-0.15, -0.1) is 0 Å². The van der Waals surface area contributed by atoms with Crippen molar-refractivity contribution in [2.45, 2.75) is 87.0 Å². The van der Waals surface area contributed by atoms with Crippen molar-refractivity contribution in [1.82, 2.24) is 0 Å². The minimum atomic E-state index is -1.70. The van der Waals surface area contributed by atoms with Crippen LogP contribution in [0.25, 0.3) is 0 Å². The molecule has 3 aromatic rings. The Labute approximate surface area is 299 Å². The van der Waals surface area contributed by atoms with E-state index in [1.807, 2.05) is 36.4 Å². The Morgan fingerprint density at radius 1 is 0.796 bits per heavy atom. The fourth-order valence-electron chi connectivity index (χ4n) is 9.02. The van der Waals surface area contributed by atoms with Crippen LogP contribution in [0.3, 0.4) is 0 Å². The SMILES string of the molecule is N#C[C@]1(Cc2ccccc2I)OC[C@H]2O[C@@H](OC34CC5CC(CC(C5)C3)C4)[C@H](OC(=O)c3ccccc3)[C@@H](OC(=O)c3ccccc3)[C@H]2O1. The van der Waals surface area contributed by atoms with Crippen LogP contribution < -0.4 is 0 Å². The van der Waals surface area contributed by atoms with Crippen molar-refractivity contribution in [1.29, 1.82) is 5.26 Å². The second kappa shape index (κ2) is 13.4. The lowest BCUT2D eigenvalue weighted by molar-refractivity contribution is -0.390. The van der Waals surface area contributed by atoms with Gasteiger partial charge in [0.15, 0.2) is 18.5 Å². The molecule has 10 heteroatoms. The lowest BCUT2D eigenvalue weighted by Gasteiger charge is -2.58. The minimum Gasteiger partial charge on any atom is -0.452 e. The van der Waals surface area contributed by atoms with Crippen LogP contribution in [-0.2, 0) is 34.8 Å². The number of ether oxygens (including phenoxy) is 6. The lowest BCUT2D eigenvalue weighted by atomic mass is 9.54. The molecule has 0 spiro atoms. The van der Waals surface area contributed by atoms with Gasteiger partial charge in [-0.1, -0.05) is 54.6 Å². The van der Waals surface area contributed by atoms with E-state index in [-0.39, 0.29) is 13.0 Å². The summed E-state index contributed by atoms with van der Waals surface area (Å²) in [6.07, 6.45) is 1.35. The number of halogens is 1. The van der Waals surface area contributed by atoms with Gasteiger partial charge in [-0.05, 0) is 115 Å². The Morgan fingerprint density at radius 2 is 1.35 bits per heavy atom. The maximum atomic E-state index is 13.8. The first-order valence-electron chi connectivity index (χ1n) is 17.1. The fraction of sp³-hybridized carbons (Fsp3) is 0.462. The smallest absolute Gasteiger partial charge is 0.338 e. The van der Waals surface area contributed by atoms with E-state index >= 15 is 0 Å². The zero-order chi connectivity index (χ0) is 33.6. The van der Waals surface area contributed by atoms with Crippen molar-refractivity contribution in [2.24, 2.45) is 17.8 Å². The summed E-state index contributed by atoms with van der Waals surface area (Å²) in [5, 5.41) is 10.5. The van der Waals surface area contributed by atoms with Crippen LogP contribution in [0.4, 0.5) is 0 Å². The Morgan fingerprint density at radius 3 is 1.92 bits per heavy atom. The fourth-order valence-corrected chi connectivity index (χ4v) is 9.59. The van der Waals surface area contributed by atoms with Crippen LogP contribution in [0.5, 0.6) is 0 Å². The van der Waals surface area contributed by atoms with Gasteiger partial charge >= 0.3 is 11.9 Å². The molecule has 9 rings (SSSR count). The van der Waals surface area contributed by atoms with Crippen molar-refractivity contribution >= 4 is 34.5 Å². The number of nitriles is 1. The molecule has 4 saturated carbocycles. The van der Waals surface area contributed by atoms with E-state index in [1.165, 1.54) is 19.3 Å². The van der Waals surface area contributed by atoms with Crippen LogP contribution in [0.15, 0.2) is 84.9 Å². The zero-order valence-corrected chi connectivity index (χ0v) is 29.1. The highest BCUT2D eigenvalue weighted by atomic mass is 127. The second-order valence-electron chi connectivity index (χ2n) is 14.3. The third kappa shape index (κ3) is 6.64. The minimum absolute atomic E-state index is 0.0128. The van der Waals surface area contributed by atoms with Gasteiger partial charge in [0.2, 0.25) is 0 Å². The number of nitrogens with zero attached hydrogens (tertiary/aromatic N) is 1. The van der Waals surface area contributed by atoms with Crippen molar-refractivity contribution < 1.29 is 38.0 Å². The topological polar surface area (TPSA) is 113 Å². The van der Waals surface area contributed by atoms with E-state index in [2.05, 4.69) is 28.7 Å². The molecular weight excluding hydrogens is 737 g/mol. The molecule has 9 nitrogen and oxygen atoms in total. The van der Waals surface area contributed by atoms with Gasteiger partial charge in [0.1, 0.15) is 18.3 Å². The predicted octanol–water partition coefficient (Wildman–Crippen LogP) is 6.63. The molecule has 0 radical (unpaired) electrons. The third-order valence-electron chi connectivity index (χ3n) is 10.8. The monoisotopic (exact) mass is 775 g/mol. The molecule has 6 aliphatic rings. The molecule has 4 aliphatic carbocycles. The number of esters is 2. The van der Waals surface area contributed by atoms with Crippen LogP contribution in [-0.4, -0.2) is 60.6 Å². The predicted molar refractivity (Wildman–Crippen MR) is 184 cm³/mol. The quantitative estimate of drug-likeness (QED) is 0.184. The van der Waals surface area contributed by atoms with E-state index < -0.39 is 54.0 Å². The van der Waals surface area contributed by atoms with Gasteiger partial charge in [0.05, 0.1) is 23.3 Å². The molecule has 2 saturated heterocycles. The number of carbonyl (C=O) groups is 2. The van der Waals surface area contributed by atoms with Gasteiger partial charge < -0.3 is 28.4 Å². The largest absolute Gasteiger partial charge is 0.452 e. The van der Waals surface area contributed by atoms with E-state index in [0.717, 1.165) is 28.4 Å². The summed E-state index contributed by atoms with van der Waals surface area (Å²) >= 11 is 2.22. The van der Waals surface area contributed by atoms with Crippen LogP contribution in [0, 0.1) is 32.7 Å². The van der Waals surface area contributed by atoms with Crippen LogP contribution >= 0.6 is 22.6 Å². The highest BCUT2D eigenvalue weighted by Gasteiger charge is 2.60. The Hall–Kier alpha value is -3.34. The van der Waals surface area contributed by atoms with Crippen LogP contribution in [0.2, 0.25) is 0 Å². The molecule has 0 unspecified atom stereocenters. The van der Waals surface area contributed by atoms with E-state index in [1.54, 1.807) is 48.5 Å². The Kier molecular flexibility index (Phi) is 8.99. The molecule has 49 heavy (non-hydrogen) atoms. The summed E-state index contributed by atoms with van der Waals surface area (Å²) < 4.78 is 40.0. The van der Waals surface area contributed by atoms with Gasteiger partial charge in [0, 0.05) is 9.99 Å². The molecule has 4 bridgehead atoms. The summed E-state index contributed by atoms with van der Waals surface area (Å²) in [6.45, 7) is -0.0128.